The van der Waals surface area contributed by atoms with Crippen molar-refractivity contribution in [3.63, 3.8) is 0 Å². The van der Waals surface area contributed by atoms with Crippen molar-refractivity contribution in [1.29, 1.82) is 0 Å². The molecule has 0 aliphatic heterocycles. The van der Waals surface area contributed by atoms with Crippen LogP contribution in [0.1, 0.15) is 28.9 Å². The minimum absolute atomic E-state index is 0.151. The molecule has 2 rings (SSSR count). The second-order valence-corrected chi connectivity index (χ2v) is 5.43. The van der Waals surface area contributed by atoms with Crippen molar-refractivity contribution in [2.75, 3.05) is 6.54 Å². The summed E-state index contributed by atoms with van der Waals surface area (Å²) in [6.07, 6.45) is 0. The number of nitrogens with zero attached hydrogens (tertiary/aromatic N) is 1. The van der Waals surface area contributed by atoms with Crippen molar-refractivity contribution >= 4 is 23.4 Å². The van der Waals surface area contributed by atoms with E-state index in [1.807, 2.05) is 25.1 Å². The molecule has 0 bridgehead atoms. The number of nitrogens with two attached hydrogens (primary N) is 1. The first kappa shape index (κ1) is 16.0. The van der Waals surface area contributed by atoms with Crippen LogP contribution in [0.3, 0.4) is 0 Å². The SMILES string of the molecule is CC(c1cccc(Cl)c1)N(CC(N)=O)C(=O)c1ccccc1. The highest BCUT2D eigenvalue weighted by atomic mass is 35.5. The topological polar surface area (TPSA) is 63.4 Å². The molecule has 0 heterocycles. The molecule has 1 atom stereocenters. The third-order valence-corrected chi connectivity index (χ3v) is 3.64. The van der Waals surface area contributed by atoms with Crippen molar-refractivity contribution in [2.24, 2.45) is 5.73 Å². The van der Waals surface area contributed by atoms with Gasteiger partial charge in [-0.2, -0.15) is 0 Å². The third-order valence-electron chi connectivity index (χ3n) is 3.41. The van der Waals surface area contributed by atoms with Gasteiger partial charge < -0.3 is 10.6 Å². The highest BCUT2D eigenvalue weighted by molar-refractivity contribution is 6.30. The van der Waals surface area contributed by atoms with E-state index < -0.39 is 5.91 Å². The van der Waals surface area contributed by atoms with E-state index in [4.69, 9.17) is 17.3 Å². The van der Waals surface area contributed by atoms with Gasteiger partial charge in [-0.3, -0.25) is 9.59 Å². The van der Waals surface area contributed by atoms with E-state index >= 15 is 0 Å². The van der Waals surface area contributed by atoms with E-state index in [9.17, 15) is 9.59 Å². The Labute approximate surface area is 134 Å². The zero-order valence-corrected chi connectivity index (χ0v) is 13.0. The molecule has 0 radical (unpaired) electrons. The first-order chi connectivity index (χ1) is 10.5. The summed E-state index contributed by atoms with van der Waals surface area (Å²) >= 11 is 6.00. The Kier molecular flexibility index (Phi) is 5.17. The van der Waals surface area contributed by atoms with E-state index in [0.717, 1.165) is 5.56 Å². The zero-order chi connectivity index (χ0) is 16.1. The molecule has 0 saturated carbocycles. The number of hydrogen-bond acceptors (Lipinski definition) is 2. The summed E-state index contributed by atoms with van der Waals surface area (Å²) in [6, 6.07) is 15.7. The fourth-order valence-corrected chi connectivity index (χ4v) is 2.44. The van der Waals surface area contributed by atoms with Crippen LogP contribution in [0.5, 0.6) is 0 Å². The van der Waals surface area contributed by atoms with E-state index in [0.29, 0.717) is 10.6 Å². The minimum atomic E-state index is -0.557. The highest BCUT2D eigenvalue weighted by Gasteiger charge is 2.24. The molecule has 0 spiro atoms. The Morgan fingerprint density at radius 2 is 1.82 bits per heavy atom. The average molecular weight is 317 g/mol. The molecule has 2 aromatic rings. The van der Waals surface area contributed by atoms with Gasteiger partial charge in [0.15, 0.2) is 0 Å². The summed E-state index contributed by atoms with van der Waals surface area (Å²) in [6.45, 7) is 1.69. The Morgan fingerprint density at radius 3 is 2.41 bits per heavy atom. The molecule has 0 aliphatic rings. The molecule has 2 aromatic carbocycles. The maximum absolute atomic E-state index is 12.7. The Morgan fingerprint density at radius 1 is 1.14 bits per heavy atom. The summed E-state index contributed by atoms with van der Waals surface area (Å²) in [5.74, 6) is -0.801. The zero-order valence-electron chi connectivity index (χ0n) is 12.2. The van der Waals surface area contributed by atoms with Crippen LogP contribution in [0.4, 0.5) is 0 Å². The van der Waals surface area contributed by atoms with Gasteiger partial charge in [-0.1, -0.05) is 41.9 Å². The molecule has 1 unspecified atom stereocenters. The molecule has 0 saturated heterocycles. The standard InChI is InChI=1S/C17H17ClN2O2/c1-12(14-8-5-9-15(18)10-14)20(11-16(19)21)17(22)13-6-3-2-4-7-13/h2-10,12H,11H2,1H3,(H2,19,21). The second-order valence-electron chi connectivity index (χ2n) is 5.00. The number of rotatable bonds is 5. The lowest BCUT2D eigenvalue weighted by Gasteiger charge is -2.28. The van der Waals surface area contributed by atoms with Crippen LogP contribution in [-0.4, -0.2) is 23.3 Å². The van der Waals surface area contributed by atoms with E-state index in [2.05, 4.69) is 0 Å². The molecule has 4 nitrogen and oxygen atoms in total. The average Bonchev–Trinajstić information content (AvgIpc) is 2.52. The normalized spacial score (nSPS) is 11.7. The largest absolute Gasteiger partial charge is 0.368 e. The molecule has 22 heavy (non-hydrogen) atoms. The number of carbonyl (C=O) groups excluding carboxylic acids is 2. The summed E-state index contributed by atoms with van der Waals surface area (Å²) in [5, 5.41) is 0.579. The number of primary amides is 1. The lowest BCUT2D eigenvalue weighted by atomic mass is 10.1. The maximum Gasteiger partial charge on any atom is 0.254 e. The van der Waals surface area contributed by atoms with Gasteiger partial charge in [-0.25, -0.2) is 0 Å². The minimum Gasteiger partial charge on any atom is -0.368 e. The predicted octanol–water partition coefficient (Wildman–Crippen LogP) is 3.03. The van der Waals surface area contributed by atoms with E-state index in [1.165, 1.54) is 4.90 Å². The monoisotopic (exact) mass is 316 g/mol. The van der Waals surface area contributed by atoms with Crippen LogP contribution < -0.4 is 5.73 Å². The summed E-state index contributed by atoms with van der Waals surface area (Å²) in [7, 11) is 0. The summed E-state index contributed by atoms with van der Waals surface area (Å²) in [5.41, 5.74) is 6.65. The molecular weight excluding hydrogens is 300 g/mol. The van der Waals surface area contributed by atoms with Gasteiger partial charge in [0.25, 0.3) is 5.91 Å². The van der Waals surface area contributed by atoms with Crippen LogP contribution in [0, 0.1) is 0 Å². The van der Waals surface area contributed by atoms with Gasteiger partial charge in [0.1, 0.15) is 6.54 Å². The Balaban J connectivity index is 2.33. The number of benzene rings is 2. The molecular formula is C17H17ClN2O2. The van der Waals surface area contributed by atoms with Crippen molar-refractivity contribution in [1.82, 2.24) is 4.90 Å². The first-order valence-corrected chi connectivity index (χ1v) is 7.26. The second kappa shape index (κ2) is 7.09. The van der Waals surface area contributed by atoms with Crippen molar-refractivity contribution in [2.45, 2.75) is 13.0 Å². The van der Waals surface area contributed by atoms with Crippen LogP contribution >= 0.6 is 11.6 Å². The van der Waals surface area contributed by atoms with Crippen molar-refractivity contribution in [3.05, 3.63) is 70.7 Å². The van der Waals surface area contributed by atoms with Gasteiger partial charge in [0, 0.05) is 10.6 Å². The summed E-state index contributed by atoms with van der Waals surface area (Å²) in [4.78, 5) is 25.5. The predicted molar refractivity (Wildman–Crippen MR) is 86.5 cm³/mol. The molecule has 2 amide bonds. The van der Waals surface area contributed by atoms with Crippen LogP contribution in [-0.2, 0) is 4.79 Å². The molecule has 114 valence electrons. The van der Waals surface area contributed by atoms with Crippen molar-refractivity contribution < 1.29 is 9.59 Å². The number of amides is 2. The highest BCUT2D eigenvalue weighted by Crippen LogP contribution is 2.24. The first-order valence-electron chi connectivity index (χ1n) is 6.89. The quantitative estimate of drug-likeness (QED) is 0.921. The molecule has 0 aromatic heterocycles. The number of hydrogen-bond donors (Lipinski definition) is 1. The Hall–Kier alpha value is -2.33. The number of carbonyl (C=O) groups is 2. The fraction of sp³-hybridized carbons (Fsp3) is 0.176. The lowest BCUT2D eigenvalue weighted by Crippen LogP contribution is -2.40. The van der Waals surface area contributed by atoms with Gasteiger partial charge >= 0.3 is 0 Å². The van der Waals surface area contributed by atoms with Gasteiger partial charge in [0.2, 0.25) is 5.91 Å². The van der Waals surface area contributed by atoms with Gasteiger partial charge in [0.05, 0.1) is 6.04 Å². The van der Waals surface area contributed by atoms with Crippen LogP contribution in [0.2, 0.25) is 5.02 Å². The maximum atomic E-state index is 12.7. The third kappa shape index (κ3) is 3.86. The van der Waals surface area contributed by atoms with E-state index in [-0.39, 0.29) is 18.5 Å². The smallest absolute Gasteiger partial charge is 0.254 e. The molecule has 0 fully saturated rings. The van der Waals surface area contributed by atoms with E-state index in [1.54, 1.807) is 36.4 Å². The molecule has 2 N–H and O–H groups in total. The van der Waals surface area contributed by atoms with Gasteiger partial charge in [-0.05, 0) is 36.8 Å². The number of halogens is 1. The van der Waals surface area contributed by atoms with Gasteiger partial charge in [-0.15, -0.1) is 0 Å². The molecule has 0 aliphatic carbocycles. The van der Waals surface area contributed by atoms with Crippen LogP contribution in [0.25, 0.3) is 0 Å². The Bertz CT molecular complexity index is 673. The summed E-state index contributed by atoms with van der Waals surface area (Å²) < 4.78 is 0. The van der Waals surface area contributed by atoms with Crippen LogP contribution in [0.15, 0.2) is 54.6 Å². The fourth-order valence-electron chi connectivity index (χ4n) is 2.25. The van der Waals surface area contributed by atoms with Crippen molar-refractivity contribution in [3.8, 4) is 0 Å². The molecule has 5 heteroatoms. The lowest BCUT2D eigenvalue weighted by molar-refractivity contribution is -0.119.